The van der Waals surface area contributed by atoms with Gasteiger partial charge in [0, 0.05) is 11.1 Å². The molecule has 0 aromatic carbocycles. The van der Waals surface area contributed by atoms with Crippen LogP contribution in [0.2, 0.25) is 0 Å². The summed E-state index contributed by atoms with van der Waals surface area (Å²) in [7, 11) is 0. The molecule has 2 N–H and O–H groups in total. The van der Waals surface area contributed by atoms with E-state index in [1.807, 2.05) is 11.4 Å². The van der Waals surface area contributed by atoms with Gasteiger partial charge >= 0.3 is 5.97 Å². The van der Waals surface area contributed by atoms with E-state index in [4.69, 9.17) is 5.26 Å². The predicted molar refractivity (Wildman–Crippen MR) is 72.0 cm³/mol. The van der Waals surface area contributed by atoms with Crippen molar-refractivity contribution in [2.75, 3.05) is 5.32 Å². The molecule has 2 aromatic heterocycles. The number of hydrogen-bond donors (Lipinski definition) is 2. The van der Waals surface area contributed by atoms with E-state index >= 15 is 0 Å². The maximum absolute atomic E-state index is 11.3. The molecule has 0 saturated heterocycles. The van der Waals surface area contributed by atoms with Crippen molar-refractivity contribution < 1.29 is 9.90 Å². The van der Waals surface area contributed by atoms with Crippen molar-refractivity contribution in [3.63, 3.8) is 0 Å². The molecule has 96 valence electrons. The Morgan fingerprint density at radius 3 is 2.95 bits per heavy atom. The maximum atomic E-state index is 11.3. The molecule has 2 aromatic rings. The standard InChI is InChI=1S/C13H11N3O2S/c1-8-4-5-15-12(9(8)7-14)16-11(13(17)18)10-3-2-6-19-10/h2-6,11H,1H3,(H,15,16)(H,17,18). The second kappa shape index (κ2) is 5.50. The number of aryl methyl sites for hydroxylation is 1. The van der Waals surface area contributed by atoms with E-state index in [0.717, 1.165) is 5.56 Å². The Morgan fingerprint density at radius 1 is 1.58 bits per heavy atom. The van der Waals surface area contributed by atoms with Crippen molar-refractivity contribution in [1.29, 1.82) is 5.26 Å². The van der Waals surface area contributed by atoms with Crippen molar-refractivity contribution in [2.24, 2.45) is 0 Å². The van der Waals surface area contributed by atoms with Crippen LogP contribution in [0.25, 0.3) is 0 Å². The van der Waals surface area contributed by atoms with Crippen molar-refractivity contribution in [3.05, 3.63) is 45.8 Å². The number of rotatable bonds is 4. The molecule has 2 rings (SSSR count). The summed E-state index contributed by atoms with van der Waals surface area (Å²) >= 11 is 1.34. The Hall–Kier alpha value is -2.39. The van der Waals surface area contributed by atoms with Crippen LogP contribution in [0.4, 0.5) is 5.82 Å². The highest BCUT2D eigenvalue weighted by atomic mass is 32.1. The van der Waals surface area contributed by atoms with Gasteiger partial charge in [0.2, 0.25) is 0 Å². The predicted octanol–water partition coefficient (Wildman–Crippen LogP) is 2.56. The Kier molecular flexibility index (Phi) is 3.78. The van der Waals surface area contributed by atoms with Gasteiger partial charge in [-0.15, -0.1) is 11.3 Å². The largest absolute Gasteiger partial charge is 0.479 e. The van der Waals surface area contributed by atoms with Crippen LogP contribution in [0.3, 0.4) is 0 Å². The SMILES string of the molecule is Cc1ccnc(NC(C(=O)O)c2cccs2)c1C#N. The second-order valence-electron chi connectivity index (χ2n) is 3.89. The molecule has 5 nitrogen and oxygen atoms in total. The maximum Gasteiger partial charge on any atom is 0.331 e. The number of nitrogens with zero attached hydrogens (tertiary/aromatic N) is 2. The second-order valence-corrected chi connectivity index (χ2v) is 4.87. The van der Waals surface area contributed by atoms with E-state index in [0.29, 0.717) is 16.3 Å². The summed E-state index contributed by atoms with van der Waals surface area (Å²) in [5, 5.41) is 23.0. The monoisotopic (exact) mass is 273 g/mol. The van der Waals surface area contributed by atoms with Gasteiger partial charge in [-0.05, 0) is 30.0 Å². The summed E-state index contributed by atoms with van der Waals surface area (Å²) < 4.78 is 0. The number of hydrogen-bond acceptors (Lipinski definition) is 5. The number of aromatic nitrogens is 1. The zero-order valence-corrected chi connectivity index (χ0v) is 10.9. The van der Waals surface area contributed by atoms with Crippen molar-refractivity contribution in [2.45, 2.75) is 13.0 Å². The van der Waals surface area contributed by atoms with Crippen LogP contribution in [0.15, 0.2) is 29.8 Å². The highest BCUT2D eigenvalue weighted by Gasteiger charge is 2.22. The van der Waals surface area contributed by atoms with Crippen LogP contribution in [0.1, 0.15) is 22.0 Å². The molecule has 0 aliphatic carbocycles. The molecule has 0 saturated carbocycles. The molecule has 2 heterocycles. The molecule has 1 unspecified atom stereocenters. The lowest BCUT2D eigenvalue weighted by molar-refractivity contribution is -0.138. The van der Waals surface area contributed by atoms with E-state index in [1.54, 1.807) is 31.3 Å². The highest BCUT2D eigenvalue weighted by molar-refractivity contribution is 7.10. The van der Waals surface area contributed by atoms with Gasteiger partial charge in [-0.25, -0.2) is 9.78 Å². The van der Waals surface area contributed by atoms with Crippen molar-refractivity contribution in [1.82, 2.24) is 4.98 Å². The topological polar surface area (TPSA) is 86.0 Å². The number of aliphatic carboxylic acids is 1. The number of carboxylic acids is 1. The fraction of sp³-hybridized carbons (Fsp3) is 0.154. The summed E-state index contributed by atoms with van der Waals surface area (Å²) in [6.45, 7) is 1.78. The smallest absolute Gasteiger partial charge is 0.331 e. The number of pyridine rings is 1. The number of anilines is 1. The van der Waals surface area contributed by atoms with Crippen LogP contribution < -0.4 is 5.32 Å². The minimum absolute atomic E-state index is 0.295. The zero-order valence-electron chi connectivity index (χ0n) is 10.1. The molecule has 1 atom stereocenters. The van der Waals surface area contributed by atoms with Gasteiger partial charge in [0.05, 0.1) is 5.56 Å². The average molecular weight is 273 g/mol. The molecule has 0 radical (unpaired) electrons. The molecule has 0 bridgehead atoms. The Labute approximate surface area is 114 Å². The molecule has 0 fully saturated rings. The van der Waals surface area contributed by atoms with E-state index < -0.39 is 12.0 Å². The number of nitrogens with one attached hydrogen (secondary N) is 1. The third-order valence-electron chi connectivity index (χ3n) is 2.63. The molecular formula is C13H11N3O2S. The Morgan fingerprint density at radius 2 is 2.37 bits per heavy atom. The van der Waals surface area contributed by atoms with Crippen molar-refractivity contribution in [3.8, 4) is 6.07 Å². The summed E-state index contributed by atoms with van der Waals surface area (Å²) in [4.78, 5) is 16.0. The summed E-state index contributed by atoms with van der Waals surface area (Å²) in [5.41, 5.74) is 1.13. The molecule has 0 spiro atoms. The van der Waals surface area contributed by atoms with Crippen LogP contribution in [0, 0.1) is 18.3 Å². The van der Waals surface area contributed by atoms with Crippen molar-refractivity contribution >= 4 is 23.1 Å². The lowest BCUT2D eigenvalue weighted by atomic mass is 10.1. The third-order valence-corrected chi connectivity index (χ3v) is 3.56. The number of carboxylic acid groups (broad SMARTS) is 1. The van der Waals surface area contributed by atoms with Crippen LogP contribution >= 0.6 is 11.3 Å². The number of nitriles is 1. The van der Waals surface area contributed by atoms with Gasteiger partial charge in [-0.3, -0.25) is 0 Å². The fourth-order valence-corrected chi connectivity index (χ4v) is 2.42. The molecule has 6 heteroatoms. The average Bonchev–Trinajstić information content (AvgIpc) is 2.89. The Bertz CT molecular complexity index is 632. The third kappa shape index (κ3) is 2.72. The number of carbonyl (C=O) groups is 1. The van der Waals surface area contributed by atoms with Gasteiger partial charge in [0.25, 0.3) is 0 Å². The molecular weight excluding hydrogens is 262 g/mol. The van der Waals surface area contributed by atoms with Gasteiger partial charge < -0.3 is 10.4 Å². The minimum atomic E-state index is -1.00. The normalized spacial score (nSPS) is 11.6. The molecule has 19 heavy (non-hydrogen) atoms. The summed E-state index contributed by atoms with van der Waals surface area (Å²) in [5.74, 6) is -0.710. The molecule has 0 aliphatic rings. The first-order valence-electron chi connectivity index (χ1n) is 5.52. The minimum Gasteiger partial charge on any atom is -0.479 e. The fourth-order valence-electron chi connectivity index (χ4n) is 1.66. The summed E-state index contributed by atoms with van der Waals surface area (Å²) in [6.07, 6.45) is 1.55. The van der Waals surface area contributed by atoms with Crippen LogP contribution in [-0.4, -0.2) is 16.1 Å². The van der Waals surface area contributed by atoms with Crippen LogP contribution in [-0.2, 0) is 4.79 Å². The quantitative estimate of drug-likeness (QED) is 0.894. The van der Waals surface area contributed by atoms with Gasteiger partial charge in [-0.1, -0.05) is 6.07 Å². The lowest BCUT2D eigenvalue weighted by Crippen LogP contribution is -2.20. The first-order chi connectivity index (χ1) is 9.13. The van der Waals surface area contributed by atoms with E-state index in [2.05, 4.69) is 10.3 Å². The Balaban J connectivity index is 2.36. The lowest BCUT2D eigenvalue weighted by Gasteiger charge is -2.15. The molecule has 0 aliphatic heterocycles. The molecule has 0 amide bonds. The summed E-state index contributed by atoms with van der Waals surface area (Å²) in [6, 6.07) is 6.37. The van der Waals surface area contributed by atoms with Gasteiger partial charge in [0.15, 0.2) is 6.04 Å². The number of thiophene rings is 1. The van der Waals surface area contributed by atoms with Gasteiger partial charge in [-0.2, -0.15) is 5.26 Å². The van der Waals surface area contributed by atoms with Crippen LogP contribution in [0.5, 0.6) is 0 Å². The van der Waals surface area contributed by atoms with E-state index in [-0.39, 0.29) is 0 Å². The van der Waals surface area contributed by atoms with E-state index in [1.165, 1.54) is 11.3 Å². The highest BCUT2D eigenvalue weighted by Crippen LogP contribution is 2.25. The first-order valence-corrected chi connectivity index (χ1v) is 6.40. The van der Waals surface area contributed by atoms with E-state index in [9.17, 15) is 9.90 Å². The van der Waals surface area contributed by atoms with Gasteiger partial charge in [0.1, 0.15) is 11.9 Å². The zero-order chi connectivity index (χ0) is 13.8. The first kappa shape index (κ1) is 13.1.